The number of pyridine rings is 1. The lowest BCUT2D eigenvalue weighted by molar-refractivity contribution is 0.0903. The van der Waals surface area contributed by atoms with Crippen LogP contribution in [0.4, 0.5) is 21.6 Å². The molecule has 0 bridgehead atoms. The van der Waals surface area contributed by atoms with Gasteiger partial charge in [-0.1, -0.05) is 36.4 Å². The summed E-state index contributed by atoms with van der Waals surface area (Å²) in [4.78, 5) is 34.8. The van der Waals surface area contributed by atoms with Crippen LogP contribution in [0.3, 0.4) is 0 Å². The minimum absolute atomic E-state index is 0.175. The predicted molar refractivity (Wildman–Crippen MR) is 156 cm³/mol. The van der Waals surface area contributed by atoms with E-state index in [0.29, 0.717) is 34.9 Å². The molecule has 2 N–H and O–H groups in total. The first-order chi connectivity index (χ1) is 19.5. The maximum absolute atomic E-state index is 14.3. The number of aromatic nitrogens is 1. The third kappa shape index (κ3) is 5.22. The molecule has 40 heavy (non-hydrogen) atoms. The van der Waals surface area contributed by atoms with Gasteiger partial charge >= 0.3 is 0 Å². The van der Waals surface area contributed by atoms with Crippen molar-refractivity contribution in [1.82, 2.24) is 4.98 Å². The van der Waals surface area contributed by atoms with Gasteiger partial charge in [-0.05, 0) is 67.6 Å². The number of anilines is 3. The number of nitrogens with one attached hydrogen (secondary N) is 2. The molecule has 2 aliphatic rings. The second-order valence-corrected chi connectivity index (χ2v) is 11.1. The molecular weight excluding hydrogens is 527 g/mol. The molecule has 1 fully saturated rings. The van der Waals surface area contributed by atoms with Gasteiger partial charge in [-0.25, -0.2) is 9.37 Å². The zero-order valence-electron chi connectivity index (χ0n) is 22.1. The molecular formula is C31H29FN4O3S. The number of hydrogen-bond acceptors (Lipinski definition) is 6. The van der Waals surface area contributed by atoms with E-state index < -0.39 is 5.82 Å². The number of ether oxygens (including phenoxy) is 1. The summed E-state index contributed by atoms with van der Waals surface area (Å²) in [5.74, 6) is -0.312. The molecule has 9 heteroatoms. The summed E-state index contributed by atoms with van der Waals surface area (Å²) in [6, 6.07) is 20.0. The number of aryl methyl sites for hydroxylation is 1. The zero-order valence-corrected chi connectivity index (χ0v) is 22.9. The fraction of sp³-hybridized carbons (Fsp3) is 0.258. The molecule has 0 atom stereocenters. The number of rotatable bonds is 5. The summed E-state index contributed by atoms with van der Waals surface area (Å²) in [5.41, 5.74) is 3.85. The van der Waals surface area contributed by atoms with Gasteiger partial charge in [-0.2, -0.15) is 0 Å². The quantitative estimate of drug-likeness (QED) is 0.301. The molecule has 1 saturated heterocycles. The van der Waals surface area contributed by atoms with E-state index in [9.17, 15) is 14.0 Å². The summed E-state index contributed by atoms with van der Waals surface area (Å²) in [6.45, 7) is 3.64. The standard InChI is InChI=1S/C31H29FN4O3S/c1-19-6-4-8-23(32)28(19)35-30(37)26-18-20-12-15-36(25-10-3-2-7-22(25)29(20)40-26)31(38)24-9-5-11-27(34-24)33-21-13-16-39-17-14-21/h2-11,18,21H,12-17H2,1H3,(H,33,34)(H,35,37). The van der Waals surface area contributed by atoms with Gasteiger partial charge in [-0.15, -0.1) is 11.3 Å². The maximum atomic E-state index is 14.3. The van der Waals surface area contributed by atoms with Crippen LogP contribution in [0.2, 0.25) is 0 Å². The Labute approximate surface area is 236 Å². The molecule has 0 saturated carbocycles. The number of halogens is 1. The van der Waals surface area contributed by atoms with E-state index in [0.717, 1.165) is 47.7 Å². The molecule has 2 aromatic carbocycles. The van der Waals surface area contributed by atoms with Crippen molar-refractivity contribution in [2.24, 2.45) is 0 Å². The number of amides is 2. The summed E-state index contributed by atoms with van der Waals surface area (Å²) < 4.78 is 19.8. The van der Waals surface area contributed by atoms with Crippen LogP contribution in [-0.4, -0.2) is 42.6 Å². The van der Waals surface area contributed by atoms with E-state index in [1.54, 1.807) is 30.0 Å². The molecule has 0 unspecified atom stereocenters. The fourth-order valence-electron chi connectivity index (χ4n) is 5.21. The average molecular weight is 557 g/mol. The molecule has 0 spiro atoms. The summed E-state index contributed by atoms with van der Waals surface area (Å²) in [5, 5.41) is 6.18. The van der Waals surface area contributed by atoms with Crippen molar-refractivity contribution in [3.63, 3.8) is 0 Å². The largest absolute Gasteiger partial charge is 0.381 e. The first-order valence-electron chi connectivity index (χ1n) is 13.4. The monoisotopic (exact) mass is 556 g/mol. The highest BCUT2D eigenvalue weighted by atomic mass is 32.1. The second-order valence-electron chi connectivity index (χ2n) is 10.0. The molecule has 6 rings (SSSR count). The Morgan fingerprint density at radius 2 is 1.85 bits per heavy atom. The van der Waals surface area contributed by atoms with E-state index in [4.69, 9.17) is 4.74 Å². The van der Waals surface area contributed by atoms with Crippen molar-refractivity contribution in [2.75, 3.05) is 35.3 Å². The van der Waals surface area contributed by atoms with Crippen LogP contribution in [0.1, 0.15) is 44.1 Å². The van der Waals surface area contributed by atoms with Crippen molar-refractivity contribution in [3.8, 4) is 10.4 Å². The van der Waals surface area contributed by atoms with Crippen molar-refractivity contribution in [1.29, 1.82) is 0 Å². The fourth-order valence-corrected chi connectivity index (χ4v) is 6.35. The number of para-hydroxylation sites is 2. The van der Waals surface area contributed by atoms with Crippen molar-refractivity contribution in [3.05, 3.63) is 94.2 Å². The Hall–Kier alpha value is -4.08. The molecule has 2 aromatic heterocycles. The van der Waals surface area contributed by atoms with Gasteiger partial charge in [0, 0.05) is 36.2 Å². The van der Waals surface area contributed by atoms with Gasteiger partial charge in [0.25, 0.3) is 11.8 Å². The van der Waals surface area contributed by atoms with E-state index in [1.165, 1.54) is 17.4 Å². The maximum Gasteiger partial charge on any atom is 0.276 e. The molecule has 2 amide bonds. The van der Waals surface area contributed by atoms with Gasteiger partial charge in [0.2, 0.25) is 0 Å². The number of benzene rings is 2. The van der Waals surface area contributed by atoms with Gasteiger partial charge in [-0.3, -0.25) is 9.59 Å². The molecule has 2 aliphatic heterocycles. The molecule has 204 valence electrons. The summed E-state index contributed by atoms with van der Waals surface area (Å²) in [6.07, 6.45) is 2.38. The number of hydrogen-bond donors (Lipinski definition) is 2. The van der Waals surface area contributed by atoms with Crippen molar-refractivity contribution in [2.45, 2.75) is 32.2 Å². The molecule has 7 nitrogen and oxygen atoms in total. The molecule has 0 radical (unpaired) electrons. The minimum Gasteiger partial charge on any atom is -0.381 e. The van der Waals surface area contributed by atoms with Gasteiger partial charge < -0.3 is 20.3 Å². The number of carbonyl (C=O) groups excluding carboxylic acids is 2. The number of carbonyl (C=O) groups is 2. The van der Waals surface area contributed by atoms with E-state index in [1.807, 2.05) is 42.5 Å². The first-order valence-corrected chi connectivity index (χ1v) is 14.2. The van der Waals surface area contributed by atoms with Crippen LogP contribution in [0.5, 0.6) is 0 Å². The third-order valence-corrected chi connectivity index (χ3v) is 8.53. The average Bonchev–Trinajstić information content (AvgIpc) is 3.34. The van der Waals surface area contributed by atoms with Gasteiger partial charge in [0.05, 0.1) is 16.3 Å². The highest BCUT2D eigenvalue weighted by molar-refractivity contribution is 7.17. The molecule has 4 heterocycles. The van der Waals surface area contributed by atoms with E-state index in [2.05, 4.69) is 15.6 Å². The topological polar surface area (TPSA) is 83.6 Å². The highest BCUT2D eigenvalue weighted by Gasteiger charge is 2.28. The van der Waals surface area contributed by atoms with Crippen LogP contribution in [-0.2, 0) is 11.2 Å². The summed E-state index contributed by atoms with van der Waals surface area (Å²) >= 11 is 1.35. The lowest BCUT2D eigenvalue weighted by atomic mass is 10.1. The Balaban J connectivity index is 1.26. The van der Waals surface area contributed by atoms with E-state index >= 15 is 0 Å². The smallest absolute Gasteiger partial charge is 0.276 e. The minimum atomic E-state index is -0.466. The Morgan fingerprint density at radius 1 is 1.05 bits per heavy atom. The van der Waals surface area contributed by atoms with Crippen LogP contribution >= 0.6 is 11.3 Å². The lowest BCUT2D eigenvalue weighted by Crippen LogP contribution is -2.33. The number of thiophene rings is 1. The van der Waals surface area contributed by atoms with Gasteiger partial charge in [0.15, 0.2) is 0 Å². The van der Waals surface area contributed by atoms with Crippen LogP contribution in [0.15, 0.2) is 66.7 Å². The molecule has 4 aromatic rings. The van der Waals surface area contributed by atoms with Crippen LogP contribution in [0, 0.1) is 12.7 Å². The van der Waals surface area contributed by atoms with Crippen molar-refractivity contribution < 1.29 is 18.7 Å². The molecule has 0 aliphatic carbocycles. The first kappa shape index (κ1) is 26.2. The van der Waals surface area contributed by atoms with E-state index in [-0.39, 0.29) is 23.5 Å². The normalized spacial score (nSPS) is 15.1. The number of nitrogens with zero attached hydrogens (tertiary/aromatic N) is 2. The van der Waals surface area contributed by atoms with Gasteiger partial charge in [0.1, 0.15) is 17.3 Å². The summed E-state index contributed by atoms with van der Waals surface area (Å²) in [7, 11) is 0. The second kappa shape index (κ2) is 11.2. The Bertz CT molecular complexity index is 1560. The number of fused-ring (bicyclic) bond motifs is 3. The predicted octanol–water partition coefficient (Wildman–Crippen LogP) is 6.30. The zero-order chi connectivity index (χ0) is 27.6. The third-order valence-electron chi connectivity index (χ3n) is 7.32. The Kier molecular flexibility index (Phi) is 7.32. The Morgan fingerprint density at radius 3 is 2.67 bits per heavy atom. The van der Waals surface area contributed by atoms with Crippen LogP contribution < -0.4 is 15.5 Å². The van der Waals surface area contributed by atoms with Crippen molar-refractivity contribution >= 4 is 40.3 Å². The SMILES string of the molecule is Cc1cccc(F)c1NC(=O)c1cc2c(s1)-c1ccccc1N(C(=O)c1cccc(NC3CCOCC3)n1)CC2. The highest BCUT2D eigenvalue weighted by Crippen LogP contribution is 2.42. The van der Waals surface area contributed by atoms with Crippen LogP contribution in [0.25, 0.3) is 10.4 Å². The lowest BCUT2D eigenvalue weighted by Gasteiger charge is -2.25.